The predicted octanol–water partition coefficient (Wildman–Crippen LogP) is 1.79. The van der Waals surface area contributed by atoms with E-state index in [-0.39, 0.29) is 16.3 Å². The molecular formula is C14H10N2O8S. The number of anilines is 1. The van der Waals surface area contributed by atoms with E-state index in [1.807, 2.05) is 4.72 Å². The van der Waals surface area contributed by atoms with Gasteiger partial charge in [0.05, 0.1) is 26.6 Å². The van der Waals surface area contributed by atoms with Crippen LogP contribution in [0, 0.1) is 10.1 Å². The highest BCUT2D eigenvalue weighted by Crippen LogP contribution is 2.21. The quantitative estimate of drug-likeness (QED) is 0.514. The minimum Gasteiger partial charge on any atom is -0.478 e. The molecule has 0 aliphatic rings. The topological polar surface area (TPSA) is 164 Å². The van der Waals surface area contributed by atoms with Gasteiger partial charge < -0.3 is 10.2 Å². The van der Waals surface area contributed by atoms with Crippen LogP contribution in [0.4, 0.5) is 11.4 Å². The molecule has 3 N–H and O–H groups in total. The number of sulfonamides is 1. The SMILES string of the molecule is O=C(O)c1cc(NS(=O)(=O)c2ccc([N+](=O)[O-])cc2)cc(C(=O)O)c1. The number of nitrogens with zero attached hydrogens (tertiary/aromatic N) is 1. The summed E-state index contributed by atoms with van der Waals surface area (Å²) in [5.74, 6) is -2.86. The molecule has 0 heterocycles. The van der Waals surface area contributed by atoms with Gasteiger partial charge in [-0.3, -0.25) is 14.8 Å². The second-order valence-corrected chi connectivity index (χ2v) is 6.45. The molecule has 2 rings (SSSR count). The molecule has 0 saturated heterocycles. The van der Waals surface area contributed by atoms with Gasteiger partial charge in [0.25, 0.3) is 15.7 Å². The fourth-order valence-corrected chi connectivity index (χ4v) is 2.93. The van der Waals surface area contributed by atoms with Crippen molar-refractivity contribution in [1.82, 2.24) is 0 Å². The number of benzene rings is 2. The third kappa shape index (κ3) is 4.09. The van der Waals surface area contributed by atoms with Crippen LogP contribution in [-0.2, 0) is 10.0 Å². The first-order valence-electron chi connectivity index (χ1n) is 6.49. The zero-order valence-corrected chi connectivity index (χ0v) is 13.1. The van der Waals surface area contributed by atoms with E-state index in [1.165, 1.54) is 0 Å². The van der Waals surface area contributed by atoms with E-state index in [9.17, 15) is 28.1 Å². The maximum absolute atomic E-state index is 12.3. The summed E-state index contributed by atoms with van der Waals surface area (Å²) in [4.78, 5) is 31.6. The van der Waals surface area contributed by atoms with Gasteiger partial charge in [0.1, 0.15) is 0 Å². The summed E-state index contributed by atoms with van der Waals surface area (Å²) in [6, 6.07) is 6.78. The Bertz CT molecular complexity index is 935. The largest absolute Gasteiger partial charge is 0.478 e. The van der Waals surface area contributed by atoms with Gasteiger partial charge in [-0.05, 0) is 30.3 Å². The number of nitro benzene ring substituents is 1. The number of nitro groups is 1. The third-order valence-corrected chi connectivity index (χ3v) is 4.43. The number of hydrogen-bond donors (Lipinski definition) is 3. The third-order valence-electron chi connectivity index (χ3n) is 3.04. The lowest BCUT2D eigenvalue weighted by atomic mass is 10.1. The van der Waals surface area contributed by atoms with Gasteiger partial charge in [-0.25, -0.2) is 18.0 Å². The van der Waals surface area contributed by atoms with Crippen LogP contribution >= 0.6 is 0 Å². The molecule has 10 nitrogen and oxygen atoms in total. The van der Waals surface area contributed by atoms with Gasteiger partial charge >= 0.3 is 11.9 Å². The first-order chi connectivity index (χ1) is 11.6. The summed E-state index contributed by atoms with van der Waals surface area (Å²) in [5.41, 5.74) is -1.40. The molecule has 0 spiro atoms. The van der Waals surface area contributed by atoms with Gasteiger partial charge in [-0.1, -0.05) is 0 Å². The molecule has 0 atom stereocenters. The Morgan fingerprint density at radius 3 is 1.84 bits per heavy atom. The Hall–Kier alpha value is -3.47. The van der Waals surface area contributed by atoms with Crippen molar-refractivity contribution in [3.8, 4) is 0 Å². The minimum absolute atomic E-state index is 0.268. The van der Waals surface area contributed by atoms with Crippen molar-refractivity contribution in [2.45, 2.75) is 4.90 Å². The molecule has 0 fully saturated rings. The number of rotatable bonds is 6. The molecule has 0 radical (unpaired) electrons. The summed E-state index contributed by atoms with van der Waals surface area (Å²) in [5, 5.41) is 28.5. The van der Waals surface area contributed by atoms with Crippen molar-refractivity contribution in [2.75, 3.05) is 4.72 Å². The summed E-state index contributed by atoms with van der Waals surface area (Å²) in [7, 11) is -4.20. The molecule has 0 aromatic heterocycles. The Morgan fingerprint density at radius 1 is 0.960 bits per heavy atom. The molecule has 130 valence electrons. The molecule has 0 bridgehead atoms. The van der Waals surface area contributed by atoms with Gasteiger partial charge in [0.2, 0.25) is 0 Å². The molecule has 2 aromatic rings. The maximum atomic E-state index is 12.3. The number of nitrogens with one attached hydrogen (secondary N) is 1. The smallest absolute Gasteiger partial charge is 0.335 e. The fraction of sp³-hybridized carbons (Fsp3) is 0. The van der Waals surface area contributed by atoms with E-state index in [1.54, 1.807) is 0 Å². The van der Waals surface area contributed by atoms with Crippen molar-refractivity contribution < 1.29 is 33.1 Å². The van der Waals surface area contributed by atoms with Crippen LogP contribution < -0.4 is 4.72 Å². The van der Waals surface area contributed by atoms with Gasteiger partial charge in [-0.15, -0.1) is 0 Å². The lowest BCUT2D eigenvalue weighted by molar-refractivity contribution is -0.384. The average Bonchev–Trinajstić information content (AvgIpc) is 2.54. The number of hydrogen-bond acceptors (Lipinski definition) is 6. The molecule has 2 aromatic carbocycles. The van der Waals surface area contributed by atoms with Crippen molar-refractivity contribution in [2.24, 2.45) is 0 Å². The number of carboxylic acid groups (broad SMARTS) is 2. The van der Waals surface area contributed by atoms with E-state index in [2.05, 4.69) is 0 Å². The second-order valence-electron chi connectivity index (χ2n) is 4.77. The fourth-order valence-electron chi connectivity index (χ4n) is 1.89. The standard InChI is InChI=1S/C14H10N2O8S/c17-13(18)8-5-9(14(19)20)7-10(6-8)15-25(23,24)12-3-1-11(2-4-12)16(21)22/h1-7,15H,(H,17,18)(H,19,20). The second kappa shape index (κ2) is 6.57. The van der Waals surface area contributed by atoms with E-state index < -0.39 is 38.0 Å². The normalized spacial score (nSPS) is 10.9. The summed E-state index contributed by atoms with van der Waals surface area (Å²) in [6.07, 6.45) is 0. The van der Waals surface area contributed by atoms with E-state index in [0.29, 0.717) is 0 Å². The lowest BCUT2D eigenvalue weighted by Gasteiger charge is -2.10. The van der Waals surface area contributed by atoms with Crippen LogP contribution in [0.25, 0.3) is 0 Å². The Morgan fingerprint density at radius 2 is 1.44 bits per heavy atom. The number of aromatic carboxylic acids is 2. The van der Waals surface area contributed by atoms with Crippen LogP contribution in [0.15, 0.2) is 47.4 Å². The first-order valence-corrected chi connectivity index (χ1v) is 7.97. The van der Waals surface area contributed by atoms with Crippen LogP contribution in [0.5, 0.6) is 0 Å². The van der Waals surface area contributed by atoms with Crippen molar-refractivity contribution in [3.63, 3.8) is 0 Å². The van der Waals surface area contributed by atoms with Crippen LogP contribution in [0.2, 0.25) is 0 Å². The molecule has 0 saturated carbocycles. The summed E-state index contributed by atoms with van der Waals surface area (Å²) in [6.45, 7) is 0. The predicted molar refractivity (Wildman–Crippen MR) is 84.3 cm³/mol. The molecule has 0 amide bonds. The molecule has 25 heavy (non-hydrogen) atoms. The summed E-state index contributed by atoms with van der Waals surface area (Å²) < 4.78 is 26.6. The number of carboxylic acids is 2. The highest BCUT2D eigenvalue weighted by atomic mass is 32.2. The average molecular weight is 366 g/mol. The highest BCUT2D eigenvalue weighted by Gasteiger charge is 2.18. The van der Waals surface area contributed by atoms with Gasteiger partial charge in [-0.2, -0.15) is 0 Å². The molecule has 0 aliphatic heterocycles. The zero-order valence-electron chi connectivity index (χ0n) is 12.2. The van der Waals surface area contributed by atoms with Crippen LogP contribution in [-0.4, -0.2) is 35.5 Å². The van der Waals surface area contributed by atoms with E-state index in [0.717, 1.165) is 42.5 Å². The highest BCUT2D eigenvalue weighted by molar-refractivity contribution is 7.92. The van der Waals surface area contributed by atoms with E-state index in [4.69, 9.17) is 10.2 Å². The monoisotopic (exact) mass is 366 g/mol. The zero-order chi connectivity index (χ0) is 18.8. The van der Waals surface area contributed by atoms with Gasteiger partial charge in [0, 0.05) is 12.1 Å². The van der Waals surface area contributed by atoms with Crippen molar-refractivity contribution in [3.05, 3.63) is 63.7 Å². The lowest BCUT2D eigenvalue weighted by Crippen LogP contribution is -2.14. The van der Waals surface area contributed by atoms with Gasteiger partial charge in [0.15, 0.2) is 0 Å². The molecule has 0 aliphatic carbocycles. The minimum atomic E-state index is -4.20. The molecular weight excluding hydrogens is 356 g/mol. The maximum Gasteiger partial charge on any atom is 0.335 e. The van der Waals surface area contributed by atoms with Crippen LogP contribution in [0.1, 0.15) is 20.7 Å². The molecule has 11 heteroatoms. The Labute approximate surface area is 140 Å². The van der Waals surface area contributed by atoms with Crippen molar-refractivity contribution >= 4 is 33.3 Å². The van der Waals surface area contributed by atoms with Crippen LogP contribution in [0.3, 0.4) is 0 Å². The first kappa shape index (κ1) is 17.9. The van der Waals surface area contributed by atoms with E-state index >= 15 is 0 Å². The molecule has 0 unspecified atom stereocenters. The number of carbonyl (C=O) groups is 2. The summed E-state index contributed by atoms with van der Waals surface area (Å²) >= 11 is 0. The Balaban J connectivity index is 2.41. The Kier molecular flexibility index (Phi) is 4.70. The van der Waals surface area contributed by atoms with Crippen molar-refractivity contribution in [1.29, 1.82) is 0 Å². The number of non-ortho nitro benzene ring substituents is 1.